The summed E-state index contributed by atoms with van der Waals surface area (Å²) in [5, 5.41) is 3.61. The van der Waals surface area contributed by atoms with Gasteiger partial charge in [0.1, 0.15) is 5.56 Å². The fraction of sp³-hybridized carbons (Fsp3) is 0.148. The monoisotopic (exact) mass is 457 g/mol. The van der Waals surface area contributed by atoms with Crippen molar-refractivity contribution in [3.63, 3.8) is 0 Å². The van der Waals surface area contributed by atoms with E-state index in [9.17, 15) is 9.59 Å². The van der Waals surface area contributed by atoms with Crippen LogP contribution in [0.4, 0.5) is 5.69 Å². The van der Waals surface area contributed by atoms with E-state index in [1.807, 2.05) is 61.7 Å². The molecule has 6 heteroatoms. The van der Waals surface area contributed by atoms with Gasteiger partial charge in [0.05, 0.1) is 5.69 Å². The molecule has 0 bridgehead atoms. The maximum Gasteiger partial charge on any atom is 0.261 e. The summed E-state index contributed by atoms with van der Waals surface area (Å²) in [6.45, 7) is 5.82. The zero-order valence-corrected chi connectivity index (χ0v) is 19.5. The molecular formula is C27H24ClN3O2. The van der Waals surface area contributed by atoms with Crippen LogP contribution in [0.3, 0.4) is 0 Å². The van der Waals surface area contributed by atoms with Crippen molar-refractivity contribution < 1.29 is 4.79 Å². The average Bonchev–Trinajstić information content (AvgIpc) is 2.81. The van der Waals surface area contributed by atoms with Crippen LogP contribution in [0, 0.1) is 13.8 Å². The molecule has 0 radical (unpaired) electrons. The lowest BCUT2D eigenvalue weighted by Gasteiger charge is -2.21. The van der Waals surface area contributed by atoms with Gasteiger partial charge in [-0.2, -0.15) is 0 Å². The number of anilines is 1. The van der Waals surface area contributed by atoms with Gasteiger partial charge in [0.2, 0.25) is 0 Å². The second kappa shape index (κ2) is 9.43. The zero-order chi connectivity index (χ0) is 23.5. The summed E-state index contributed by atoms with van der Waals surface area (Å²) >= 11 is 6.10. The number of carbonyl (C=O) groups is 1. The molecule has 33 heavy (non-hydrogen) atoms. The predicted octanol–water partition coefficient (Wildman–Crippen LogP) is 5.98. The zero-order valence-electron chi connectivity index (χ0n) is 18.7. The number of amides is 1. The summed E-state index contributed by atoms with van der Waals surface area (Å²) in [4.78, 5) is 31.1. The van der Waals surface area contributed by atoms with Crippen LogP contribution in [0.1, 0.15) is 34.1 Å². The van der Waals surface area contributed by atoms with E-state index in [2.05, 4.69) is 10.3 Å². The molecule has 4 aromatic rings. The van der Waals surface area contributed by atoms with Crippen LogP contribution in [0.5, 0.6) is 0 Å². The molecule has 0 aliphatic rings. The summed E-state index contributed by atoms with van der Waals surface area (Å²) in [5.74, 6) is -0.453. The Balaban J connectivity index is 1.97. The maximum absolute atomic E-state index is 13.6. The van der Waals surface area contributed by atoms with Crippen LogP contribution in [0.2, 0.25) is 5.02 Å². The van der Waals surface area contributed by atoms with Crippen molar-refractivity contribution in [2.45, 2.75) is 27.2 Å². The van der Waals surface area contributed by atoms with E-state index in [4.69, 9.17) is 11.6 Å². The second-order valence-corrected chi connectivity index (χ2v) is 8.28. The van der Waals surface area contributed by atoms with Crippen LogP contribution in [-0.2, 0) is 6.42 Å². The number of aromatic nitrogens is 2. The summed E-state index contributed by atoms with van der Waals surface area (Å²) in [5.41, 5.74) is 5.04. The van der Waals surface area contributed by atoms with E-state index in [1.165, 1.54) is 6.07 Å². The third kappa shape index (κ3) is 4.45. The van der Waals surface area contributed by atoms with E-state index in [0.29, 0.717) is 22.0 Å². The van der Waals surface area contributed by atoms with Crippen LogP contribution >= 0.6 is 11.6 Å². The van der Waals surface area contributed by atoms with Crippen LogP contribution < -0.4 is 10.7 Å². The largest absolute Gasteiger partial charge is 0.321 e. The number of carbonyl (C=O) groups excluding carboxylic acids is 1. The molecule has 4 rings (SSSR count). The van der Waals surface area contributed by atoms with Gasteiger partial charge in [-0.15, -0.1) is 0 Å². The van der Waals surface area contributed by atoms with Gasteiger partial charge in [-0.25, -0.2) is 0 Å². The minimum absolute atomic E-state index is 0.0638. The first-order valence-corrected chi connectivity index (χ1v) is 11.1. The standard InChI is InChI=1S/C27H24ClN3O2/c1-4-19-8-5-7-17(2)25(19)30-27(33)24-23(32)15-18(3)31(22-12-10-21(28)11-13-22)26(24)20-9-6-14-29-16-20/h5-16H,4H2,1-3H3,(H,30,33). The van der Waals surface area contributed by atoms with Gasteiger partial charge in [0, 0.05) is 46.1 Å². The lowest BCUT2D eigenvalue weighted by molar-refractivity contribution is 0.102. The van der Waals surface area contributed by atoms with Gasteiger partial charge in [-0.3, -0.25) is 14.6 Å². The average molecular weight is 458 g/mol. The highest BCUT2D eigenvalue weighted by Gasteiger charge is 2.23. The first-order chi connectivity index (χ1) is 15.9. The first-order valence-electron chi connectivity index (χ1n) is 10.7. The Labute approximate surface area is 197 Å². The van der Waals surface area contributed by atoms with E-state index in [0.717, 1.165) is 28.9 Å². The van der Waals surface area contributed by atoms with Gasteiger partial charge in [0.15, 0.2) is 5.43 Å². The van der Waals surface area contributed by atoms with E-state index in [-0.39, 0.29) is 11.0 Å². The topological polar surface area (TPSA) is 64.0 Å². The van der Waals surface area contributed by atoms with Crippen LogP contribution in [0.25, 0.3) is 16.9 Å². The molecule has 0 atom stereocenters. The van der Waals surface area contributed by atoms with Gasteiger partial charge in [-0.05, 0) is 67.8 Å². The molecule has 5 nitrogen and oxygen atoms in total. The van der Waals surface area contributed by atoms with Crippen LogP contribution in [0.15, 0.2) is 77.9 Å². The van der Waals surface area contributed by atoms with Crippen molar-refractivity contribution in [1.29, 1.82) is 0 Å². The molecule has 1 amide bonds. The number of hydrogen-bond acceptors (Lipinski definition) is 3. The van der Waals surface area contributed by atoms with Gasteiger partial charge in [-0.1, -0.05) is 36.7 Å². The Morgan fingerprint density at radius 1 is 1.06 bits per heavy atom. The molecule has 0 unspecified atom stereocenters. The lowest BCUT2D eigenvalue weighted by Crippen LogP contribution is -2.27. The van der Waals surface area contributed by atoms with Crippen molar-refractivity contribution in [1.82, 2.24) is 9.55 Å². The molecule has 166 valence electrons. The summed E-state index contributed by atoms with van der Waals surface area (Å²) in [6.07, 6.45) is 4.07. The highest BCUT2D eigenvalue weighted by atomic mass is 35.5. The van der Waals surface area contributed by atoms with Gasteiger partial charge < -0.3 is 9.88 Å². The number of aryl methyl sites for hydroxylation is 3. The number of hydrogen-bond donors (Lipinski definition) is 1. The lowest BCUT2D eigenvalue weighted by atomic mass is 10.0. The molecule has 0 fully saturated rings. The maximum atomic E-state index is 13.6. The van der Waals surface area contributed by atoms with Crippen molar-refractivity contribution in [3.05, 3.63) is 111 Å². The number of para-hydroxylation sites is 1. The number of halogens is 1. The minimum atomic E-state index is -0.453. The number of benzene rings is 2. The Kier molecular flexibility index (Phi) is 6.43. The van der Waals surface area contributed by atoms with Gasteiger partial charge >= 0.3 is 0 Å². The fourth-order valence-corrected chi connectivity index (χ4v) is 4.15. The van der Waals surface area contributed by atoms with Crippen molar-refractivity contribution in [2.75, 3.05) is 5.32 Å². The third-order valence-electron chi connectivity index (χ3n) is 5.62. The highest BCUT2D eigenvalue weighted by Crippen LogP contribution is 2.29. The predicted molar refractivity (Wildman–Crippen MR) is 134 cm³/mol. The number of nitrogens with one attached hydrogen (secondary N) is 1. The normalized spacial score (nSPS) is 10.8. The molecular weight excluding hydrogens is 434 g/mol. The molecule has 0 saturated heterocycles. The van der Waals surface area contributed by atoms with Gasteiger partial charge in [0.25, 0.3) is 5.91 Å². The van der Waals surface area contributed by atoms with E-state index in [1.54, 1.807) is 30.6 Å². The Hall–Kier alpha value is -3.70. The van der Waals surface area contributed by atoms with E-state index < -0.39 is 5.91 Å². The van der Waals surface area contributed by atoms with Crippen LogP contribution in [-0.4, -0.2) is 15.5 Å². The molecule has 0 saturated carbocycles. The SMILES string of the molecule is CCc1cccc(C)c1NC(=O)c1c(-c2cccnc2)n(-c2ccc(Cl)cc2)c(C)cc1=O. The molecule has 0 aliphatic heterocycles. The van der Waals surface area contributed by atoms with Crippen molar-refractivity contribution >= 4 is 23.2 Å². The summed E-state index contributed by atoms with van der Waals surface area (Å²) < 4.78 is 1.89. The molecule has 2 heterocycles. The minimum Gasteiger partial charge on any atom is -0.321 e. The first kappa shape index (κ1) is 22.5. The Morgan fingerprint density at radius 2 is 1.82 bits per heavy atom. The smallest absolute Gasteiger partial charge is 0.261 e. The van der Waals surface area contributed by atoms with E-state index >= 15 is 0 Å². The summed E-state index contributed by atoms with van der Waals surface area (Å²) in [6, 6.07) is 18.3. The Bertz CT molecular complexity index is 1380. The molecule has 0 spiro atoms. The molecule has 2 aromatic heterocycles. The molecule has 1 N–H and O–H groups in total. The van der Waals surface area contributed by atoms with Crippen molar-refractivity contribution in [2.24, 2.45) is 0 Å². The fourth-order valence-electron chi connectivity index (χ4n) is 4.03. The number of nitrogens with zero attached hydrogens (tertiary/aromatic N) is 2. The molecule has 0 aliphatic carbocycles. The Morgan fingerprint density at radius 3 is 2.48 bits per heavy atom. The number of pyridine rings is 2. The molecule has 2 aromatic carbocycles. The third-order valence-corrected chi connectivity index (χ3v) is 5.88. The summed E-state index contributed by atoms with van der Waals surface area (Å²) in [7, 11) is 0. The quantitative estimate of drug-likeness (QED) is 0.400. The second-order valence-electron chi connectivity index (χ2n) is 7.84. The number of rotatable bonds is 5. The highest BCUT2D eigenvalue weighted by molar-refractivity contribution is 6.30. The van der Waals surface area contributed by atoms with Crippen molar-refractivity contribution in [3.8, 4) is 16.9 Å².